The van der Waals surface area contributed by atoms with Gasteiger partial charge in [-0.3, -0.25) is 9.89 Å². The molecule has 1 aliphatic rings. The molecule has 1 amide bonds. The molecule has 5 rings (SSSR count). The number of aromatic nitrogens is 2. The third-order valence-electron chi connectivity index (χ3n) is 5.73. The van der Waals surface area contributed by atoms with Crippen LogP contribution in [0.4, 0.5) is 0 Å². The fraction of sp³-hybridized carbons (Fsp3) is 0.200. The van der Waals surface area contributed by atoms with Gasteiger partial charge in [0.25, 0.3) is 5.91 Å². The van der Waals surface area contributed by atoms with Crippen LogP contribution in [0.3, 0.4) is 0 Å². The topological polar surface area (TPSA) is 92.4 Å². The molecule has 0 fully saturated rings. The van der Waals surface area contributed by atoms with Crippen LogP contribution in [0.1, 0.15) is 21.5 Å². The molecule has 0 saturated carbocycles. The molecule has 0 spiro atoms. The highest BCUT2D eigenvalue weighted by Crippen LogP contribution is 2.31. The van der Waals surface area contributed by atoms with Crippen molar-refractivity contribution >= 4 is 26.6 Å². The molecule has 3 aromatic carbocycles. The first-order chi connectivity index (χ1) is 15.9. The molecule has 0 aliphatic carbocycles. The molecule has 168 valence electrons. The number of sulfone groups is 1. The molecule has 33 heavy (non-hydrogen) atoms. The molecule has 4 aromatic rings. The van der Waals surface area contributed by atoms with E-state index in [0.29, 0.717) is 30.8 Å². The van der Waals surface area contributed by atoms with E-state index in [1.165, 1.54) is 6.26 Å². The third kappa shape index (κ3) is 4.61. The quantitative estimate of drug-likeness (QED) is 0.499. The minimum atomic E-state index is -3.12. The molecule has 1 N–H and O–H groups in total. The van der Waals surface area contributed by atoms with Crippen molar-refractivity contribution in [3.63, 3.8) is 0 Å². The van der Waals surface area contributed by atoms with E-state index < -0.39 is 9.84 Å². The number of aromatic amines is 1. The standard InChI is InChI=1S/C25H23N3O4S/c1-33(30,31)16-17-2-4-18(5-3-17)25(29)28-10-11-32-24-9-8-19(12-22(24)15-28)20-6-7-21-14-26-27-23(21)13-20/h2-9,12-14H,10-11,15-16H2,1H3,(H,26,27). The Kier molecular flexibility index (Phi) is 5.38. The van der Waals surface area contributed by atoms with E-state index >= 15 is 0 Å². The number of benzene rings is 3. The molecular weight excluding hydrogens is 438 g/mol. The lowest BCUT2D eigenvalue weighted by Gasteiger charge is -2.20. The number of H-pyrrole nitrogens is 1. The summed E-state index contributed by atoms with van der Waals surface area (Å²) in [5, 5.41) is 8.13. The van der Waals surface area contributed by atoms with Crippen LogP contribution in [0.15, 0.2) is 66.9 Å². The van der Waals surface area contributed by atoms with Crippen LogP contribution in [0, 0.1) is 0 Å². The molecule has 0 radical (unpaired) electrons. The maximum atomic E-state index is 13.2. The molecule has 0 atom stereocenters. The SMILES string of the molecule is CS(=O)(=O)Cc1ccc(C(=O)N2CCOc3ccc(-c4ccc5cn[nH]c5c4)cc3C2)cc1. The summed E-state index contributed by atoms with van der Waals surface area (Å²) >= 11 is 0. The molecular formula is C25H23N3O4S. The second-order valence-corrected chi connectivity index (χ2v) is 10.5. The van der Waals surface area contributed by atoms with Gasteiger partial charge in [0.1, 0.15) is 12.4 Å². The normalized spacial score (nSPS) is 13.9. The summed E-state index contributed by atoms with van der Waals surface area (Å²) in [6.07, 6.45) is 2.99. The van der Waals surface area contributed by atoms with Gasteiger partial charge in [0.05, 0.1) is 24.0 Å². The maximum absolute atomic E-state index is 13.2. The van der Waals surface area contributed by atoms with Crippen LogP contribution in [0.2, 0.25) is 0 Å². The van der Waals surface area contributed by atoms with Gasteiger partial charge in [-0.05, 0) is 47.0 Å². The highest BCUT2D eigenvalue weighted by atomic mass is 32.2. The monoisotopic (exact) mass is 461 g/mol. The molecule has 1 aromatic heterocycles. The van der Waals surface area contributed by atoms with E-state index in [-0.39, 0.29) is 11.7 Å². The highest BCUT2D eigenvalue weighted by molar-refractivity contribution is 7.89. The first kappa shape index (κ1) is 21.2. The first-order valence-corrected chi connectivity index (χ1v) is 12.7. The second-order valence-electron chi connectivity index (χ2n) is 8.34. The van der Waals surface area contributed by atoms with Crippen molar-refractivity contribution in [1.82, 2.24) is 15.1 Å². The number of carbonyl (C=O) groups is 1. The Morgan fingerprint density at radius 1 is 1.06 bits per heavy atom. The highest BCUT2D eigenvalue weighted by Gasteiger charge is 2.22. The summed E-state index contributed by atoms with van der Waals surface area (Å²) in [6, 6.07) is 18.9. The average Bonchev–Trinajstić information content (AvgIpc) is 3.15. The van der Waals surface area contributed by atoms with E-state index in [2.05, 4.69) is 28.4 Å². The average molecular weight is 462 g/mol. The van der Waals surface area contributed by atoms with Gasteiger partial charge >= 0.3 is 0 Å². The van der Waals surface area contributed by atoms with Crippen molar-refractivity contribution in [3.05, 3.63) is 83.6 Å². The Morgan fingerprint density at radius 2 is 1.82 bits per heavy atom. The summed E-state index contributed by atoms with van der Waals surface area (Å²) < 4.78 is 28.9. The van der Waals surface area contributed by atoms with Gasteiger partial charge in [0.15, 0.2) is 9.84 Å². The van der Waals surface area contributed by atoms with Gasteiger partial charge in [0, 0.05) is 29.3 Å². The number of fused-ring (bicyclic) bond motifs is 2. The number of nitrogens with zero attached hydrogens (tertiary/aromatic N) is 2. The van der Waals surface area contributed by atoms with Crippen LogP contribution in [0.25, 0.3) is 22.0 Å². The summed E-state index contributed by atoms with van der Waals surface area (Å²) in [5.41, 5.74) is 5.19. The van der Waals surface area contributed by atoms with Crippen LogP contribution < -0.4 is 4.74 Å². The smallest absolute Gasteiger partial charge is 0.254 e. The zero-order valence-corrected chi connectivity index (χ0v) is 18.9. The minimum Gasteiger partial charge on any atom is -0.491 e. The van der Waals surface area contributed by atoms with Crippen molar-refractivity contribution in [3.8, 4) is 16.9 Å². The summed E-state index contributed by atoms with van der Waals surface area (Å²) in [5.74, 6) is 0.626. The number of ether oxygens (including phenoxy) is 1. The predicted molar refractivity (Wildman–Crippen MR) is 127 cm³/mol. The Bertz CT molecular complexity index is 1440. The van der Waals surface area contributed by atoms with Gasteiger partial charge in [-0.1, -0.05) is 30.3 Å². The number of hydrogen-bond donors (Lipinski definition) is 1. The number of hydrogen-bond acceptors (Lipinski definition) is 5. The van der Waals surface area contributed by atoms with E-state index in [4.69, 9.17) is 4.74 Å². The molecule has 7 nitrogen and oxygen atoms in total. The van der Waals surface area contributed by atoms with Gasteiger partial charge in [-0.25, -0.2) is 8.42 Å². The zero-order chi connectivity index (χ0) is 23.0. The van der Waals surface area contributed by atoms with Crippen molar-refractivity contribution in [2.45, 2.75) is 12.3 Å². The minimum absolute atomic E-state index is 0.0421. The second kappa shape index (κ2) is 8.37. The van der Waals surface area contributed by atoms with Crippen LogP contribution in [-0.4, -0.2) is 48.8 Å². The largest absolute Gasteiger partial charge is 0.491 e. The van der Waals surface area contributed by atoms with E-state index in [1.54, 1.807) is 35.4 Å². The molecule has 2 heterocycles. The van der Waals surface area contributed by atoms with Gasteiger partial charge in [0.2, 0.25) is 0 Å². The lowest BCUT2D eigenvalue weighted by molar-refractivity contribution is 0.0733. The summed E-state index contributed by atoms with van der Waals surface area (Å²) in [4.78, 5) is 14.9. The number of rotatable bonds is 4. The van der Waals surface area contributed by atoms with E-state index in [1.807, 2.05) is 18.2 Å². The van der Waals surface area contributed by atoms with Crippen LogP contribution >= 0.6 is 0 Å². The van der Waals surface area contributed by atoms with Gasteiger partial charge < -0.3 is 9.64 Å². The lowest BCUT2D eigenvalue weighted by Crippen LogP contribution is -2.32. The van der Waals surface area contributed by atoms with Crippen molar-refractivity contribution in [2.75, 3.05) is 19.4 Å². The zero-order valence-electron chi connectivity index (χ0n) is 18.1. The fourth-order valence-electron chi connectivity index (χ4n) is 4.09. The van der Waals surface area contributed by atoms with Crippen LogP contribution in [0.5, 0.6) is 5.75 Å². The summed E-state index contributed by atoms with van der Waals surface area (Å²) in [7, 11) is -3.12. The summed E-state index contributed by atoms with van der Waals surface area (Å²) in [6.45, 7) is 1.30. The fourth-order valence-corrected chi connectivity index (χ4v) is 4.89. The van der Waals surface area contributed by atoms with Gasteiger partial charge in [-0.15, -0.1) is 0 Å². The van der Waals surface area contributed by atoms with E-state index in [9.17, 15) is 13.2 Å². The molecule has 1 aliphatic heterocycles. The molecule has 0 saturated heterocycles. The number of carbonyl (C=O) groups excluding carboxylic acids is 1. The van der Waals surface area contributed by atoms with Crippen molar-refractivity contribution in [2.24, 2.45) is 0 Å². The number of nitrogens with one attached hydrogen (secondary N) is 1. The maximum Gasteiger partial charge on any atom is 0.254 e. The lowest BCUT2D eigenvalue weighted by atomic mass is 10.0. The molecule has 0 unspecified atom stereocenters. The predicted octanol–water partition coefficient (Wildman–Crippen LogP) is 3.81. The van der Waals surface area contributed by atoms with Crippen LogP contribution in [-0.2, 0) is 22.1 Å². The van der Waals surface area contributed by atoms with Gasteiger partial charge in [-0.2, -0.15) is 5.10 Å². The Labute approximate surface area is 191 Å². The Hall–Kier alpha value is -3.65. The Balaban J connectivity index is 1.39. The number of amides is 1. The van der Waals surface area contributed by atoms with Crippen molar-refractivity contribution < 1.29 is 17.9 Å². The molecule has 0 bridgehead atoms. The van der Waals surface area contributed by atoms with Crippen molar-refractivity contribution in [1.29, 1.82) is 0 Å². The third-order valence-corrected chi connectivity index (χ3v) is 6.59. The van der Waals surface area contributed by atoms with E-state index in [0.717, 1.165) is 33.3 Å². The Morgan fingerprint density at radius 3 is 2.61 bits per heavy atom. The molecule has 8 heteroatoms. The first-order valence-electron chi connectivity index (χ1n) is 10.6.